The van der Waals surface area contributed by atoms with E-state index < -0.39 is 12.6 Å². The highest BCUT2D eigenvalue weighted by atomic mass is 32.1. The van der Waals surface area contributed by atoms with Gasteiger partial charge in [-0.05, 0) is 30.8 Å². The number of aryl methyl sites for hydroxylation is 1. The van der Waals surface area contributed by atoms with Gasteiger partial charge in [0.05, 0.1) is 10.6 Å². The molecule has 92 valence electrons. The fourth-order valence-electron chi connectivity index (χ4n) is 1.40. The molecule has 0 saturated carbocycles. The monoisotopic (exact) mass is 253 g/mol. The molecule has 0 aliphatic heterocycles. The Hall–Kier alpha value is -0.690. The highest BCUT2D eigenvalue weighted by Gasteiger charge is 2.27. The third kappa shape index (κ3) is 4.05. The number of aromatic nitrogens is 2. The molecule has 0 aromatic carbocycles. The molecule has 16 heavy (non-hydrogen) atoms. The average Bonchev–Trinajstić information content (AvgIpc) is 2.63. The number of alkyl halides is 3. The van der Waals surface area contributed by atoms with Crippen LogP contribution in [0.4, 0.5) is 13.2 Å². The van der Waals surface area contributed by atoms with Gasteiger partial charge >= 0.3 is 6.18 Å². The Bertz CT molecular complexity index is 324. The maximum Gasteiger partial charge on any atom is 0.389 e. The predicted molar refractivity (Wildman–Crippen MR) is 56.1 cm³/mol. The van der Waals surface area contributed by atoms with Crippen molar-refractivity contribution in [3.8, 4) is 0 Å². The molecule has 0 saturated heterocycles. The van der Waals surface area contributed by atoms with E-state index >= 15 is 0 Å². The van der Waals surface area contributed by atoms with Gasteiger partial charge in [0.15, 0.2) is 0 Å². The van der Waals surface area contributed by atoms with Crippen molar-refractivity contribution in [3.63, 3.8) is 0 Å². The van der Waals surface area contributed by atoms with E-state index in [0.717, 1.165) is 10.6 Å². The van der Waals surface area contributed by atoms with E-state index in [0.29, 0.717) is 12.8 Å². The second-order valence-electron chi connectivity index (χ2n) is 3.55. The molecule has 0 fully saturated rings. The summed E-state index contributed by atoms with van der Waals surface area (Å²) in [6.45, 7) is 1.92. The third-order valence-corrected chi connectivity index (χ3v) is 3.13. The summed E-state index contributed by atoms with van der Waals surface area (Å²) < 4.78 is 39.6. The van der Waals surface area contributed by atoms with Gasteiger partial charge in [-0.3, -0.25) is 0 Å². The van der Waals surface area contributed by atoms with Crippen molar-refractivity contribution < 1.29 is 13.2 Å². The van der Waals surface area contributed by atoms with Gasteiger partial charge < -0.3 is 5.73 Å². The molecule has 1 heterocycles. The van der Waals surface area contributed by atoms with Crippen molar-refractivity contribution in [2.75, 3.05) is 0 Å². The second-order valence-corrected chi connectivity index (χ2v) is 4.34. The molecule has 0 aliphatic rings. The smallest absolute Gasteiger partial charge is 0.323 e. The molecule has 0 aliphatic carbocycles. The van der Waals surface area contributed by atoms with Gasteiger partial charge in [0.25, 0.3) is 0 Å². The maximum absolute atomic E-state index is 11.9. The molecular weight excluding hydrogens is 239 g/mol. The summed E-state index contributed by atoms with van der Waals surface area (Å²) in [5.74, 6) is 0. The van der Waals surface area contributed by atoms with Crippen molar-refractivity contribution in [2.45, 2.75) is 44.8 Å². The van der Waals surface area contributed by atoms with E-state index in [9.17, 15) is 13.2 Å². The minimum absolute atomic E-state index is 0.0473. The largest absolute Gasteiger partial charge is 0.389 e. The molecule has 1 unspecified atom stereocenters. The van der Waals surface area contributed by atoms with Crippen molar-refractivity contribution in [1.29, 1.82) is 0 Å². The predicted octanol–water partition coefficient (Wildman–Crippen LogP) is 2.83. The van der Waals surface area contributed by atoms with E-state index in [4.69, 9.17) is 5.73 Å². The van der Waals surface area contributed by atoms with Gasteiger partial charge in [-0.2, -0.15) is 13.2 Å². The quantitative estimate of drug-likeness (QED) is 0.877. The third-order valence-electron chi connectivity index (χ3n) is 2.23. The summed E-state index contributed by atoms with van der Waals surface area (Å²) in [7, 11) is 0. The summed E-state index contributed by atoms with van der Waals surface area (Å²) in [5.41, 5.74) is 6.60. The zero-order valence-corrected chi connectivity index (χ0v) is 9.74. The topological polar surface area (TPSA) is 51.8 Å². The normalized spacial score (nSPS) is 14.1. The van der Waals surface area contributed by atoms with E-state index in [1.807, 2.05) is 6.92 Å². The van der Waals surface area contributed by atoms with Gasteiger partial charge in [-0.1, -0.05) is 11.4 Å². The number of rotatable bonds is 5. The highest BCUT2D eigenvalue weighted by molar-refractivity contribution is 7.05. The lowest BCUT2D eigenvalue weighted by Crippen LogP contribution is -2.13. The van der Waals surface area contributed by atoms with E-state index in [-0.39, 0.29) is 12.5 Å². The standard InChI is InChI=1S/C9H14F3N3S/c1-2-7-8(16-15-14-7)6(13)4-3-5-9(10,11)12/h6H,2-5,13H2,1H3. The Labute approximate surface area is 96.0 Å². The summed E-state index contributed by atoms with van der Waals surface area (Å²) in [5, 5.41) is 3.88. The highest BCUT2D eigenvalue weighted by Crippen LogP contribution is 2.27. The van der Waals surface area contributed by atoms with Crippen LogP contribution in [0.3, 0.4) is 0 Å². The number of halogens is 3. The zero-order chi connectivity index (χ0) is 12.2. The number of hydrogen-bond donors (Lipinski definition) is 1. The maximum atomic E-state index is 11.9. The minimum atomic E-state index is -4.10. The first-order valence-electron chi connectivity index (χ1n) is 5.07. The molecule has 0 bridgehead atoms. The average molecular weight is 253 g/mol. The van der Waals surface area contributed by atoms with Gasteiger partial charge in [-0.15, -0.1) is 5.10 Å². The summed E-state index contributed by atoms with van der Waals surface area (Å²) in [4.78, 5) is 0.810. The molecule has 1 rings (SSSR count). The fourth-order valence-corrected chi connectivity index (χ4v) is 2.17. The summed E-state index contributed by atoms with van der Waals surface area (Å²) >= 11 is 1.17. The molecule has 7 heteroatoms. The molecule has 1 aromatic rings. The number of nitrogens with zero attached hydrogens (tertiary/aromatic N) is 2. The van der Waals surface area contributed by atoms with Crippen LogP contribution < -0.4 is 5.73 Å². The molecule has 3 nitrogen and oxygen atoms in total. The first-order valence-corrected chi connectivity index (χ1v) is 5.85. The Kier molecular flexibility index (Phi) is 4.67. The summed E-state index contributed by atoms with van der Waals surface area (Å²) in [6, 6.07) is -0.378. The van der Waals surface area contributed by atoms with Crippen LogP contribution in [0.25, 0.3) is 0 Å². The fraction of sp³-hybridized carbons (Fsp3) is 0.778. The minimum Gasteiger partial charge on any atom is -0.323 e. The van der Waals surface area contributed by atoms with Crippen LogP contribution in [-0.4, -0.2) is 15.8 Å². The van der Waals surface area contributed by atoms with Crippen molar-refractivity contribution in [3.05, 3.63) is 10.6 Å². The van der Waals surface area contributed by atoms with Crippen LogP contribution in [0.1, 0.15) is 42.8 Å². The Morgan fingerprint density at radius 1 is 1.44 bits per heavy atom. The van der Waals surface area contributed by atoms with Crippen LogP contribution in [0.5, 0.6) is 0 Å². The van der Waals surface area contributed by atoms with Crippen LogP contribution >= 0.6 is 11.5 Å². The van der Waals surface area contributed by atoms with Crippen molar-refractivity contribution in [2.24, 2.45) is 5.73 Å². The SMILES string of the molecule is CCc1nnsc1C(N)CCCC(F)(F)F. The lowest BCUT2D eigenvalue weighted by molar-refractivity contribution is -0.135. The van der Waals surface area contributed by atoms with Crippen molar-refractivity contribution in [1.82, 2.24) is 9.59 Å². The molecule has 0 radical (unpaired) electrons. The Morgan fingerprint density at radius 3 is 2.69 bits per heavy atom. The molecule has 0 amide bonds. The van der Waals surface area contributed by atoms with Crippen molar-refractivity contribution >= 4 is 11.5 Å². The first kappa shape index (κ1) is 13.4. The molecular formula is C9H14F3N3S. The second kappa shape index (κ2) is 5.58. The van der Waals surface area contributed by atoms with Gasteiger partial charge in [0, 0.05) is 12.5 Å². The Balaban J connectivity index is 2.44. The van der Waals surface area contributed by atoms with E-state index in [2.05, 4.69) is 9.59 Å². The molecule has 0 spiro atoms. The lowest BCUT2D eigenvalue weighted by Gasteiger charge is -2.11. The first-order chi connectivity index (χ1) is 7.44. The lowest BCUT2D eigenvalue weighted by atomic mass is 10.1. The number of nitrogens with two attached hydrogens (primary N) is 1. The van der Waals surface area contributed by atoms with E-state index in [1.165, 1.54) is 11.5 Å². The van der Waals surface area contributed by atoms with Crippen LogP contribution in [0, 0.1) is 0 Å². The van der Waals surface area contributed by atoms with Gasteiger partial charge in [0.1, 0.15) is 0 Å². The van der Waals surface area contributed by atoms with Crippen LogP contribution in [0.15, 0.2) is 0 Å². The molecule has 1 aromatic heterocycles. The van der Waals surface area contributed by atoms with Crippen LogP contribution in [-0.2, 0) is 6.42 Å². The van der Waals surface area contributed by atoms with Gasteiger partial charge in [0.2, 0.25) is 0 Å². The van der Waals surface area contributed by atoms with Crippen LogP contribution in [0.2, 0.25) is 0 Å². The molecule has 1 atom stereocenters. The van der Waals surface area contributed by atoms with Gasteiger partial charge in [-0.25, -0.2) is 0 Å². The molecule has 2 N–H and O–H groups in total. The van der Waals surface area contributed by atoms with E-state index in [1.54, 1.807) is 0 Å². The Morgan fingerprint density at radius 2 is 2.12 bits per heavy atom. The zero-order valence-electron chi connectivity index (χ0n) is 8.92. The number of hydrogen-bond acceptors (Lipinski definition) is 4. The summed E-state index contributed by atoms with van der Waals surface area (Å²) in [6.07, 6.45) is -3.81.